The molecule has 0 spiro atoms. The van der Waals surface area contributed by atoms with Crippen LogP contribution in [-0.4, -0.2) is 10.6 Å². The lowest BCUT2D eigenvalue weighted by Crippen LogP contribution is -2.12. The lowest BCUT2D eigenvalue weighted by atomic mass is 9.85. The molecule has 0 bridgehead atoms. The highest BCUT2D eigenvalue weighted by Gasteiger charge is 2.32. The van der Waals surface area contributed by atoms with E-state index in [-0.39, 0.29) is 22.4 Å². The maximum atomic E-state index is 12.3. The molecule has 0 aliphatic carbocycles. The van der Waals surface area contributed by atoms with Crippen molar-refractivity contribution in [3.63, 3.8) is 0 Å². The summed E-state index contributed by atoms with van der Waals surface area (Å²) in [6.45, 7) is 7.27. The Morgan fingerprint density at radius 1 is 1.12 bits per heavy atom. The Balaban J connectivity index is 3.29. The summed E-state index contributed by atoms with van der Waals surface area (Å²) in [5.74, 6) is -0.273. The van der Waals surface area contributed by atoms with Gasteiger partial charge in [0.2, 0.25) is 0 Å². The lowest BCUT2D eigenvalue weighted by Gasteiger charge is -2.22. The Hall–Kier alpha value is -0.840. The Morgan fingerprint density at radius 3 is 2.06 bits per heavy atom. The molecule has 0 aliphatic rings. The van der Waals surface area contributed by atoms with E-state index in [4.69, 9.17) is 0 Å². The fraction of sp³-hybridized carbons (Fsp3) is 0.500. The van der Waals surface area contributed by atoms with Crippen LogP contribution in [0.1, 0.15) is 31.9 Å². The average molecular weight is 264 g/mol. The number of aryl methyl sites for hydroxylation is 1. The van der Waals surface area contributed by atoms with Gasteiger partial charge < -0.3 is 5.11 Å². The van der Waals surface area contributed by atoms with Crippen molar-refractivity contribution in [1.29, 1.82) is 0 Å². The predicted molar refractivity (Wildman–Crippen MR) is 63.5 cm³/mol. The van der Waals surface area contributed by atoms with Gasteiger partial charge in [0.1, 0.15) is 5.75 Å². The first-order valence-electron chi connectivity index (χ1n) is 5.10. The van der Waals surface area contributed by atoms with E-state index in [1.165, 1.54) is 6.07 Å². The normalized spacial score (nSPS) is 12.9. The number of hydrogen-bond donors (Lipinski definition) is 1. The number of rotatable bonds is 1. The molecule has 0 saturated heterocycles. The Bertz CT molecular complexity index is 419. The number of halogens is 3. The van der Waals surface area contributed by atoms with Gasteiger partial charge in [0.15, 0.2) is 0 Å². The highest BCUT2D eigenvalue weighted by Crippen LogP contribution is 2.45. The number of aromatic hydroxyl groups is 1. The fourth-order valence-electron chi connectivity index (χ4n) is 1.52. The van der Waals surface area contributed by atoms with Gasteiger partial charge in [0.25, 0.3) is 0 Å². The van der Waals surface area contributed by atoms with Crippen molar-refractivity contribution >= 4 is 11.8 Å². The quantitative estimate of drug-likeness (QED) is 0.747. The first kappa shape index (κ1) is 14.2. The van der Waals surface area contributed by atoms with Gasteiger partial charge >= 0.3 is 5.51 Å². The molecule has 0 amide bonds. The number of hydrogen-bond acceptors (Lipinski definition) is 2. The number of thioether (sulfide) groups is 1. The van der Waals surface area contributed by atoms with Gasteiger partial charge in [0.05, 0.1) is 4.90 Å². The first-order chi connectivity index (χ1) is 7.50. The summed E-state index contributed by atoms with van der Waals surface area (Å²) >= 11 is -0.278. The van der Waals surface area contributed by atoms with Crippen molar-refractivity contribution in [2.45, 2.75) is 43.5 Å². The zero-order chi connectivity index (χ0) is 13.4. The molecular weight excluding hydrogens is 249 g/mol. The molecule has 0 aliphatic heterocycles. The van der Waals surface area contributed by atoms with Crippen LogP contribution < -0.4 is 0 Å². The van der Waals surface area contributed by atoms with Crippen molar-refractivity contribution in [2.75, 3.05) is 0 Å². The molecular formula is C12H15F3OS. The largest absolute Gasteiger partial charge is 0.506 e. The van der Waals surface area contributed by atoms with Gasteiger partial charge in [0, 0.05) is 5.56 Å². The number of phenols is 1. The molecule has 96 valence electrons. The maximum absolute atomic E-state index is 12.3. The molecule has 17 heavy (non-hydrogen) atoms. The second-order valence-corrected chi connectivity index (χ2v) is 6.06. The molecule has 1 rings (SSSR count). The second kappa shape index (κ2) is 4.44. The topological polar surface area (TPSA) is 20.2 Å². The van der Waals surface area contributed by atoms with Gasteiger partial charge in [-0.3, -0.25) is 0 Å². The SMILES string of the molecule is Cc1cc(SC(F)(F)F)c(O)c(C(C)(C)C)c1. The summed E-state index contributed by atoms with van der Waals surface area (Å²) in [5, 5.41) is 9.89. The maximum Gasteiger partial charge on any atom is 0.446 e. The van der Waals surface area contributed by atoms with Crippen molar-refractivity contribution in [3.05, 3.63) is 23.3 Å². The summed E-state index contributed by atoms with van der Waals surface area (Å²) in [4.78, 5) is -0.137. The summed E-state index contributed by atoms with van der Waals surface area (Å²) in [5.41, 5.74) is -3.54. The molecule has 1 aromatic rings. The molecule has 0 atom stereocenters. The third-order valence-electron chi connectivity index (χ3n) is 2.25. The summed E-state index contributed by atoms with van der Waals surface area (Å²) in [6, 6.07) is 3.07. The van der Waals surface area contributed by atoms with Crippen molar-refractivity contribution < 1.29 is 18.3 Å². The third kappa shape index (κ3) is 3.84. The van der Waals surface area contributed by atoms with Crippen LogP contribution in [0.15, 0.2) is 17.0 Å². The minimum Gasteiger partial charge on any atom is -0.506 e. The van der Waals surface area contributed by atoms with Crippen molar-refractivity contribution in [3.8, 4) is 5.75 Å². The average Bonchev–Trinajstić information content (AvgIpc) is 2.06. The van der Waals surface area contributed by atoms with Crippen molar-refractivity contribution in [2.24, 2.45) is 0 Å². The predicted octanol–water partition coefficient (Wildman–Crippen LogP) is 4.61. The number of benzene rings is 1. The molecule has 0 heterocycles. The van der Waals surface area contributed by atoms with Crippen molar-refractivity contribution in [1.82, 2.24) is 0 Å². The zero-order valence-corrected chi connectivity index (χ0v) is 11.0. The van der Waals surface area contributed by atoms with E-state index in [0.717, 1.165) is 0 Å². The van der Waals surface area contributed by atoms with E-state index in [2.05, 4.69) is 0 Å². The van der Waals surface area contributed by atoms with Crippen LogP contribution in [0.4, 0.5) is 13.2 Å². The Morgan fingerprint density at radius 2 is 1.65 bits per heavy atom. The van der Waals surface area contributed by atoms with Gasteiger partial charge in [-0.05, 0) is 35.7 Å². The van der Waals surface area contributed by atoms with Crippen LogP contribution in [0.5, 0.6) is 5.75 Å². The van der Waals surface area contributed by atoms with E-state index in [0.29, 0.717) is 11.1 Å². The van der Waals surface area contributed by atoms with Gasteiger partial charge in [-0.25, -0.2) is 0 Å². The monoisotopic (exact) mass is 264 g/mol. The number of phenolic OH excluding ortho intramolecular Hbond substituents is 1. The van der Waals surface area contributed by atoms with Crippen LogP contribution >= 0.6 is 11.8 Å². The van der Waals surface area contributed by atoms with Crippen LogP contribution in [0.25, 0.3) is 0 Å². The van der Waals surface area contributed by atoms with Gasteiger partial charge in [-0.1, -0.05) is 26.8 Å². The molecule has 0 unspecified atom stereocenters. The van der Waals surface area contributed by atoms with Crippen LogP contribution in [0, 0.1) is 6.92 Å². The summed E-state index contributed by atoms with van der Waals surface area (Å²) < 4.78 is 37.0. The van der Waals surface area contributed by atoms with E-state index in [1.807, 2.05) is 20.8 Å². The third-order valence-corrected chi connectivity index (χ3v) is 3.02. The summed E-state index contributed by atoms with van der Waals surface area (Å²) in [6.07, 6.45) is 0. The van der Waals surface area contributed by atoms with Crippen LogP contribution in [0.3, 0.4) is 0 Å². The molecule has 1 aromatic carbocycles. The minimum absolute atomic E-state index is 0.137. The minimum atomic E-state index is -4.39. The molecule has 1 nitrogen and oxygen atoms in total. The fourth-order valence-corrected chi connectivity index (χ4v) is 2.22. The van der Waals surface area contributed by atoms with Gasteiger partial charge in [-0.15, -0.1) is 0 Å². The molecule has 1 N–H and O–H groups in total. The van der Waals surface area contributed by atoms with Gasteiger partial charge in [-0.2, -0.15) is 13.2 Å². The number of alkyl halides is 3. The molecule has 0 saturated carbocycles. The molecule has 0 radical (unpaired) electrons. The van der Waals surface area contributed by atoms with Crippen LogP contribution in [-0.2, 0) is 5.41 Å². The van der Waals surface area contributed by atoms with E-state index in [1.54, 1.807) is 13.0 Å². The van der Waals surface area contributed by atoms with E-state index < -0.39 is 10.9 Å². The Kier molecular flexibility index (Phi) is 3.72. The molecule has 0 aromatic heterocycles. The zero-order valence-electron chi connectivity index (χ0n) is 10.1. The van der Waals surface area contributed by atoms with E-state index in [9.17, 15) is 18.3 Å². The highest BCUT2D eigenvalue weighted by molar-refractivity contribution is 8.00. The first-order valence-corrected chi connectivity index (χ1v) is 5.92. The Labute approximate surface area is 103 Å². The van der Waals surface area contributed by atoms with Crippen LogP contribution in [0.2, 0.25) is 0 Å². The van der Waals surface area contributed by atoms with E-state index >= 15 is 0 Å². The standard InChI is InChI=1S/C12H15F3OS/c1-7-5-8(11(2,3)4)10(16)9(6-7)17-12(13,14)15/h5-6,16H,1-4H3. The smallest absolute Gasteiger partial charge is 0.446 e. The summed E-state index contributed by atoms with van der Waals surface area (Å²) in [7, 11) is 0. The lowest BCUT2D eigenvalue weighted by molar-refractivity contribution is -0.0329. The molecule has 0 fully saturated rings. The molecule has 5 heteroatoms. The highest BCUT2D eigenvalue weighted by atomic mass is 32.2. The second-order valence-electron chi connectivity index (χ2n) is 4.96.